The molecule has 0 bridgehead atoms. The van der Waals surface area contributed by atoms with E-state index in [0.717, 1.165) is 0 Å². The number of benzene rings is 1. The van der Waals surface area contributed by atoms with Gasteiger partial charge in [0.1, 0.15) is 12.4 Å². The van der Waals surface area contributed by atoms with E-state index in [9.17, 15) is 4.79 Å². The van der Waals surface area contributed by atoms with Crippen molar-refractivity contribution in [2.24, 2.45) is 0 Å². The number of carbonyl (C=O) groups excluding carboxylic acids is 1. The third kappa shape index (κ3) is 3.89. The number of aliphatic hydroxyl groups is 1. The maximum atomic E-state index is 12.1. The van der Waals surface area contributed by atoms with Gasteiger partial charge in [0.05, 0.1) is 17.7 Å². The molecule has 1 rings (SSSR count). The monoisotopic (exact) mass is 249 g/mol. The summed E-state index contributed by atoms with van der Waals surface area (Å²) >= 11 is 0. The fourth-order valence-electron chi connectivity index (χ4n) is 1.34. The molecule has 0 saturated carbocycles. The topological polar surface area (TPSA) is 58.6 Å². The lowest BCUT2D eigenvalue weighted by Gasteiger charge is -2.24. The summed E-state index contributed by atoms with van der Waals surface area (Å²) in [7, 11) is 0. The zero-order valence-electron chi connectivity index (χ0n) is 10.8. The van der Waals surface area contributed by atoms with Crippen LogP contribution in [0.5, 0.6) is 5.75 Å². The molecule has 1 aromatic carbocycles. The van der Waals surface area contributed by atoms with Gasteiger partial charge in [-0.15, -0.1) is 0 Å². The van der Waals surface area contributed by atoms with Crippen LogP contribution in [0, 0.1) is 0 Å². The minimum atomic E-state index is -0.664. The summed E-state index contributed by atoms with van der Waals surface area (Å²) in [6, 6.07) is 6.97. The summed E-state index contributed by atoms with van der Waals surface area (Å²) in [6.07, 6.45) is 1.62. The van der Waals surface area contributed by atoms with E-state index >= 15 is 0 Å². The third-order valence-electron chi connectivity index (χ3n) is 2.34. The number of carbonyl (C=O) groups is 1. The Morgan fingerprint density at radius 3 is 2.78 bits per heavy atom. The number of aliphatic hydroxyl groups excluding tert-OH is 1. The van der Waals surface area contributed by atoms with Gasteiger partial charge in [0.25, 0.3) is 5.91 Å². The van der Waals surface area contributed by atoms with E-state index in [0.29, 0.717) is 17.9 Å². The summed E-state index contributed by atoms with van der Waals surface area (Å²) in [5.41, 5.74) is -0.219. The van der Waals surface area contributed by atoms with Gasteiger partial charge >= 0.3 is 0 Å². The molecule has 0 fully saturated rings. The smallest absolute Gasteiger partial charge is 0.255 e. The number of hydrogen-bond acceptors (Lipinski definition) is 3. The zero-order chi connectivity index (χ0) is 13.6. The first-order chi connectivity index (χ1) is 8.50. The normalized spacial score (nSPS) is 10.8. The third-order valence-corrected chi connectivity index (χ3v) is 2.34. The van der Waals surface area contributed by atoms with Crippen LogP contribution in [0.2, 0.25) is 0 Å². The van der Waals surface area contributed by atoms with Crippen molar-refractivity contribution in [2.45, 2.75) is 19.4 Å². The van der Waals surface area contributed by atoms with Crippen molar-refractivity contribution in [1.29, 1.82) is 0 Å². The molecule has 1 amide bonds. The van der Waals surface area contributed by atoms with E-state index in [1.165, 1.54) is 0 Å². The molecule has 4 heteroatoms. The molecule has 4 nitrogen and oxygen atoms in total. The summed E-state index contributed by atoms with van der Waals surface area (Å²) in [6.45, 7) is 7.27. The van der Waals surface area contributed by atoms with Crippen molar-refractivity contribution in [3.05, 3.63) is 42.5 Å². The number of para-hydroxylation sites is 1. The van der Waals surface area contributed by atoms with Crippen molar-refractivity contribution in [3.8, 4) is 5.75 Å². The number of ether oxygens (including phenoxy) is 1. The first-order valence-corrected chi connectivity index (χ1v) is 5.76. The van der Waals surface area contributed by atoms with Gasteiger partial charge in [-0.05, 0) is 26.0 Å². The standard InChI is InChI=1S/C14H19NO3/c1-4-9-18-12-8-6-5-7-11(12)13(17)15-14(2,3)10-16/h4-8,16H,1,9-10H2,2-3H3,(H,15,17). The van der Waals surface area contributed by atoms with Crippen LogP contribution in [0.3, 0.4) is 0 Å². The first kappa shape index (κ1) is 14.3. The summed E-state index contributed by atoms with van der Waals surface area (Å²) in [5.74, 6) is 0.234. The van der Waals surface area contributed by atoms with Crippen molar-refractivity contribution < 1.29 is 14.6 Å². The number of nitrogens with one attached hydrogen (secondary N) is 1. The summed E-state index contributed by atoms with van der Waals surface area (Å²) in [5, 5.41) is 11.9. The van der Waals surface area contributed by atoms with Crippen LogP contribution >= 0.6 is 0 Å². The molecule has 0 aliphatic carbocycles. The molecule has 0 unspecified atom stereocenters. The van der Waals surface area contributed by atoms with Gasteiger partial charge in [0.15, 0.2) is 0 Å². The van der Waals surface area contributed by atoms with Gasteiger partial charge in [-0.3, -0.25) is 4.79 Å². The van der Waals surface area contributed by atoms with Gasteiger partial charge in [0.2, 0.25) is 0 Å². The maximum Gasteiger partial charge on any atom is 0.255 e. The van der Waals surface area contributed by atoms with Crippen LogP contribution in [-0.2, 0) is 0 Å². The molecule has 1 aromatic rings. The molecule has 0 atom stereocenters. The average Bonchev–Trinajstić information content (AvgIpc) is 2.36. The van der Waals surface area contributed by atoms with Crippen LogP contribution in [0.1, 0.15) is 24.2 Å². The van der Waals surface area contributed by atoms with Crippen LogP contribution in [0.15, 0.2) is 36.9 Å². The largest absolute Gasteiger partial charge is 0.489 e. The maximum absolute atomic E-state index is 12.1. The minimum Gasteiger partial charge on any atom is -0.489 e. The Kier molecular flexibility index (Phi) is 4.92. The molecule has 98 valence electrons. The molecule has 0 aliphatic rings. The molecule has 0 spiro atoms. The Morgan fingerprint density at radius 2 is 2.17 bits per heavy atom. The van der Waals surface area contributed by atoms with E-state index < -0.39 is 5.54 Å². The minimum absolute atomic E-state index is 0.131. The average molecular weight is 249 g/mol. The van der Waals surface area contributed by atoms with E-state index in [4.69, 9.17) is 9.84 Å². The van der Waals surface area contributed by atoms with Crippen LogP contribution < -0.4 is 10.1 Å². The Morgan fingerprint density at radius 1 is 1.50 bits per heavy atom. The molecular weight excluding hydrogens is 230 g/mol. The first-order valence-electron chi connectivity index (χ1n) is 5.76. The van der Waals surface area contributed by atoms with Gasteiger partial charge in [-0.1, -0.05) is 24.8 Å². The van der Waals surface area contributed by atoms with Gasteiger partial charge in [-0.2, -0.15) is 0 Å². The van der Waals surface area contributed by atoms with Crippen molar-refractivity contribution >= 4 is 5.91 Å². The van der Waals surface area contributed by atoms with E-state index in [1.807, 2.05) is 0 Å². The van der Waals surface area contributed by atoms with Crippen molar-refractivity contribution in [1.82, 2.24) is 5.32 Å². The highest BCUT2D eigenvalue weighted by atomic mass is 16.5. The number of rotatable bonds is 6. The summed E-state index contributed by atoms with van der Waals surface area (Å²) in [4.78, 5) is 12.1. The van der Waals surface area contributed by atoms with Crippen molar-refractivity contribution in [3.63, 3.8) is 0 Å². The quantitative estimate of drug-likeness (QED) is 0.755. The molecule has 0 aliphatic heterocycles. The van der Waals surface area contributed by atoms with E-state index in [-0.39, 0.29) is 12.5 Å². The Bertz CT molecular complexity index is 427. The Labute approximate surface area is 107 Å². The Hall–Kier alpha value is -1.81. The second kappa shape index (κ2) is 6.21. The fourth-order valence-corrected chi connectivity index (χ4v) is 1.34. The van der Waals surface area contributed by atoms with E-state index in [1.54, 1.807) is 44.2 Å². The highest BCUT2D eigenvalue weighted by Gasteiger charge is 2.21. The molecule has 0 radical (unpaired) electrons. The predicted molar refractivity (Wildman–Crippen MR) is 70.8 cm³/mol. The highest BCUT2D eigenvalue weighted by Crippen LogP contribution is 2.18. The number of amides is 1. The van der Waals surface area contributed by atoms with Gasteiger partial charge in [-0.25, -0.2) is 0 Å². The molecule has 0 aromatic heterocycles. The zero-order valence-corrected chi connectivity index (χ0v) is 10.8. The SMILES string of the molecule is C=CCOc1ccccc1C(=O)NC(C)(C)CO. The lowest BCUT2D eigenvalue weighted by Crippen LogP contribution is -2.46. The molecular formula is C14H19NO3. The van der Waals surface area contributed by atoms with Crippen LogP contribution in [0.4, 0.5) is 0 Å². The van der Waals surface area contributed by atoms with E-state index in [2.05, 4.69) is 11.9 Å². The van der Waals surface area contributed by atoms with Gasteiger partial charge in [0, 0.05) is 0 Å². The van der Waals surface area contributed by atoms with Crippen molar-refractivity contribution in [2.75, 3.05) is 13.2 Å². The lowest BCUT2D eigenvalue weighted by atomic mass is 10.1. The predicted octanol–water partition coefficient (Wildman–Crippen LogP) is 1.75. The lowest BCUT2D eigenvalue weighted by molar-refractivity contribution is 0.0866. The second-order valence-electron chi connectivity index (χ2n) is 4.59. The molecule has 0 heterocycles. The Balaban J connectivity index is 2.88. The van der Waals surface area contributed by atoms with Crippen LogP contribution in [-0.4, -0.2) is 29.8 Å². The summed E-state index contributed by atoms with van der Waals surface area (Å²) < 4.78 is 5.41. The second-order valence-corrected chi connectivity index (χ2v) is 4.59. The fraction of sp³-hybridized carbons (Fsp3) is 0.357. The van der Waals surface area contributed by atoms with Gasteiger partial charge < -0.3 is 15.2 Å². The molecule has 0 saturated heterocycles. The van der Waals surface area contributed by atoms with Crippen LogP contribution in [0.25, 0.3) is 0 Å². The molecule has 18 heavy (non-hydrogen) atoms. The highest BCUT2D eigenvalue weighted by molar-refractivity contribution is 5.97. The molecule has 2 N–H and O–H groups in total. The number of hydrogen-bond donors (Lipinski definition) is 2.